The molecule has 1 unspecified atom stereocenters. The van der Waals surface area contributed by atoms with Crippen LogP contribution in [0.15, 0.2) is 0 Å². The summed E-state index contributed by atoms with van der Waals surface area (Å²) in [5.74, 6) is 0.796. The minimum Gasteiger partial charge on any atom is -0.382 e. The van der Waals surface area contributed by atoms with Crippen molar-refractivity contribution in [2.75, 3.05) is 26.4 Å². The summed E-state index contributed by atoms with van der Waals surface area (Å²) < 4.78 is 10.8. The van der Waals surface area contributed by atoms with E-state index < -0.39 is 0 Å². The molecule has 2 nitrogen and oxygen atoms in total. The maximum atomic E-state index is 5.93. The largest absolute Gasteiger partial charge is 0.382 e. The van der Waals surface area contributed by atoms with Crippen molar-refractivity contribution in [2.24, 2.45) is 5.92 Å². The third kappa shape index (κ3) is 38.1. The molecule has 38 heavy (non-hydrogen) atoms. The average molecular weight is 541 g/mol. The monoisotopic (exact) mass is 541 g/mol. The van der Waals surface area contributed by atoms with E-state index in [4.69, 9.17) is 9.47 Å². The smallest absolute Gasteiger partial charge is 0.0494 e. The molecule has 0 saturated heterocycles. The van der Waals surface area contributed by atoms with Gasteiger partial charge in [0, 0.05) is 26.4 Å². The highest BCUT2D eigenvalue weighted by Gasteiger charge is 2.05. The summed E-state index contributed by atoms with van der Waals surface area (Å²) >= 11 is 0. The van der Waals surface area contributed by atoms with Crippen molar-refractivity contribution < 1.29 is 9.47 Å². The maximum absolute atomic E-state index is 5.93. The fraction of sp³-hybridized carbons (Fsp3) is 1.00. The molecule has 0 aliphatic rings. The Kier molecular flexibility index (Phi) is 41.2. The molecule has 0 spiro atoms. The molecule has 0 bridgehead atoms. The standard InChI is InChI=1S/C32H66O.C4H10O/c1-4-7-9-10-11-12-13-14-15-16-17-18-19-20-21-22-23-24-25-26-27-28-30-33-31-32(6-3)29-8-5-2;1-3-5-4-2/h32H,4-31H2,1-3H3;3-4H2,1-2H3. The Labute approximate surface area is 243 Å². The molecule has 0 aromatic carbocycles. The molecule has 0 amide bonds. The maximum Gasteiger partial charge on any atom is 0.0494 e. The summed E-state index contributed by atoms with van der Waals surface area (Å²) in [5, 5.41) is 0. The fourth-order valence-corrected chi connectivity index (χ4v) is 5.17. The van der Waals surface area contributed by atoms with Crippen LogP contribution in [0.4, 0.5) is 0 Å². The summed E-state index contributed by atoms with van der Waals surface area (Å²) in [7, 11) is 0. The lowest BCUT2D eigenvalue weighted by atomic mass is 10.0. The lowest BCUT2D eigenvalue weighted by molar-refractivity contribution is 0.0908. The Morgan fingerprint density at radius 1 is 0.368 bits per heavy atom. The van der Waals surface area contributed by atoms with E-state index in [0.717, 1.165) is 32.3 Å². The molecule has 0 N–H and O–H groups in total. The fourth-order valence-electron chi connectivity index (χ4n) is 5.17. The van der Waals surface area contributed by atoms with Crippen molar-refractivity contribution in [1.82, 2.24) is 0 Å². The molecular formula is C36H76O2. The van der Waals surface area contributed by atoms with Crippen molar-refractivity contribution in [2.45, 2.75) is 202 Å². The highest BCUT2D eigenvalue weighted by Crippen LogP contribution is 2.16. The van der Waals surface area contributed by atoms with Gasteiger partial charge in [-0.15, -0.1) is 0 Å². The average Bonchev–Trinajstić information content (AvgIpc) is 2.93. The molecule has 0 heterocycles. The Bertz CT molecular complexity index is 368. The number of rotatable bonds is 31. The van der Waals surface area contributed by atoms with Crippen LogP contribution in [0.5, 0.6) is 0 Å². The predicted octanol–water partition coefficient (Wildman–Crippen LogP) is 12.9. The van der Waals surface area contributed by atoms with Gasteiger partial charge < -0.3 is 9.47 Å². The highest BCUT2D eigenvalue weighted by molar-refractivity contribution is 4.56. The minimum atomic E-state index is 0.796. The minimum absolute atomic E-state index is 0.796. The lowest BCUT2D eigenvalue weighted by Gasteiger charge is -2.14. The van der Waals surface area contributed by atoms with Gasteiger partial charge in [-0.2, -0.15) is 0 Å². The molecule has 0 rings (SSSR count). The molecule has 0 aliphatic carbocycles. The van der Waals surface area contributed by atoms with Gasteiger partial charge >= 0.3 is 0 Å². The van der Waals surface area contributed by atoms with Gasteiger partial charge in [0.15, 0.2) is 0 Å². The van der Waals surface area contributed by atoms with Gasteiger partial charge in [-0.25, -0.2) is 0 Å². The van der Waals surface area contributed by atoms with Gasteiger partial charge in [-0.3, -0.25) is 0 Å². The van der Waals surface area contributed by atoms with Gasteiger partial charge in [0.1, 0.15) is 0 Å². The summed E-state index contributed by atoms with van der Waals surface area (Å²) in [6.07, 6.45) is 37.2. The van der Waals surface area contributed by atoms with Crippen LogP contribution in [0.3, 0.4) is 0 Å². The zero-order chi connectivity index (χ0) is 28.2. The number of ether oxygens (including phenoxy) is 2. The van der Waals surface area contributed by atoms with Crippen molar-refractivity contribution in [3.63, 3.8) is 0 Å². The topological polar surface area (TPSA) is 18.5 Å². The van der Waals surface area contributed by atoms with Crippen molar-refractivity contribution in [3.05, 3.63) is 0 Å². The van der Waals surface area contributed by atoms with Crippen LogP contribution >= 0.6 is 0 Å². The van der Waals surface area contributed by atoms with E-state index in [0.29, 0.717) is 0 Å². The van der Waals surface area contributed by atoms with Crippen LogP contribution in [0.2, 0.25) is 0 Å². The summed E-state index contributed by atoms with van der Waals surface area (Å²) in [4.78, 5) is 0. The van der Waals surface area contributed by atoms with E-state index in [1.807, 2.05) is 13.8 Å². The van der Waals surface area contributed by atoms with Crippen molar-refractivity contribution in [3.8, 4) is 0 Å². The van der Waals surface area contributed by atoms with E-state index >= 15 is 0 Å². The predicted molar refractivity (Wildman–Crippen MR) is 174 cm³/mol. The van der Waals surface area contributed by atoms with Crippen LogP contribution in [0, 0.1) is 5.92 Å². The molecule has 0 fully saturated rings. The number of hydrogen-bond donors (Lipinski definition) is 0. The first kappa shape index (κ1) is 40.1. The van der Waals surface area contributed by atoms with Crippen LogP contribution < -0.4 is 0 Å². The molecule has 0 aromatic rings. The molecule has 0 saturated carbocycles. The van der Waals surface area contributed by atoms with E-state index in [1.165, 1.54) is 167 Å². The van der Waals surface area contributed by atoms with Gasteiger partial charge in [0.25, 0.3) is 0 Å². The van der Waals surface area contributed by atoms with E-state index in [-0.39, 0.29) is 0 Å². The zero-order valence-electron chi connectivity index (χ0n) is 27.6. The van der Waals surface area contributed by atoms with Gasteiger partial charge in [-0.1, -0.05) is 175 Å². The Morgan fingerprint density at radius 2 is 0.711 bits per heavy atom. The number of unbranched alkanes of at least 4 members (excludes halogenated alkanes) is 22. The van der Waals surface area contributed by atoms with Gasteiger partial charge in [-0.05, 0) is 32.6 Å². The molecule has 1 atom stereocenters. The summed E-state index contributed by atoms with van der Waals surface area (Å²) in [5.41, 5.74) is 0. The normalized spacial score (nSPS) is 11.9. The zero-order valence-corrected chi connectivity index (χ0v) is 27.6. The van der Waals surface area contributed by atoms with Crippen molar-refractivity contribution >= 4 is 0 Å². The Morgan fingerprint density at radius 3 is 1.00 bits per heavy atom. The molecule has 232 valence electrons. The van der Waals surface area contributed by atoms with E-state index in [1.54, 1.807) is 0 Å². The third-order valence-corrected chi connectivity index (χ3v) is 7.95. The van der Waals surface area contributed by atoms with E-state index in [9.17, 15) is 0 Å². The first-order valence-corrected chi connectivity index (χ1v) is 17.9. The summed E-state index contributed by atoms with van der Waals surface area (Å²) in [6.45, 7) is 14.5. The second-order valence-electron chi connectivity index (χ2n) is 11.7. The van der Waals surface area contributed by atoms with Gasteiger partial charge in [0.05, 0.1) is 0 Å². The molecule has 0 aromatic heterocycles. The third-order valence-electron chi connectivity index (χ3n) is 7.95. The van der Waals surface area contributed by atoms with Crippen molar-refractivity contribution in [1.29, 1.82) is 0 Å². The lowest BCUT2D eigenvalue weighted by Crippen LogP contribution is -2.09. The molecule has 0 aliphatic heterocycles. The first-order chi connectivity index (χ1) is 18.8. The molecular weight excluding hydrogens is 464 g/mol. The second-order valence-corrected chi connectivity index (χ2v) is 11.7. The SMILES string of the molecule is CCCCCCCCCCCCCCCCCCCCCCCCOCC(CC)CCCC.CCOCC. The number of hydrogen-bond acceptors (Lipinski definition) is 2. The van der Waals surface area contributed by atoms with Crippen LogP contribution in [-0.4, -0.2) is 26.4 Å². The second kappa shape index (κ2) is 39.1. The van der Waals surface area contributed by atoms with Crippen LogP contribution in [0.25, 0.3) is 0 Å². The quantitative estimate of drug-likeness (QED) is 0.0814. The first-order valence-electron chi connectivity index (χ1n) is 17.9. The van der Waals surface area contributed by atoms with Crippen LogP contribution in [-0.2, 0) is 9.47 Å². The van der Waals surface area contributed by atoms with Gasteiger partial charge in [0.2, 0.25) is 0 Å². The molecule has 2 heteroatoms. The summed E-state index contributed by atoms with van der Waals surface area (Å²) in [6, 6.07) is 0. The van der Waals surface area contributed by atoms with E-state index in [2.05, 4.69) is 20.8 Å². The van der Waals surface area contributed by atoms with Crippen LogP contribution in [0.1, 0.15) is 202 Å². The Hall–Kier alpha value is -0.0800. The molecule has 0 radical (unpaired) electrons. The Balaban J connectivity index is 0. The highest BCUT2D eigenvalue weighted by atomic mass is 16.5.